The molecule has 1 heterocycles. The van der Waals surface area contributed by atoms with Crippen molar-refractivity contribution in [3.05, 3.63) is 65.7 Å². The predicted molar refractivity (Wildman–Crippen MR) is 91.6 cm³/mol. The smallest absolute Gasteiger partial charge is 0.396 e. The highest BCUT2D eigenvalue weighted by atomic mass is 16.5. The van der Waals surface area contributed by atoms with Gasteiger partial charge >= 0.3 is 11.9 Å². The molecule has 2 amide bonds. The number of nitrogens with zero attached hydrogens (tertiary/aromatic N) is 1. The largest absolute Gasteiger partial charge is 0.459 e. The number of hydrogen-bond acceptors (Lipinski definition) is 4. The Labute approximate surface area is 145 Å². The molecule has 0 fully saturated rings. The number of hydrogen-bond donors (Lipinski definition) is 1. The van der Waals surface area contributed by atoms with Crippen molar-refractivity contribution in [1.82, 2.24) is 5.32 Å². The van der Waals surface area contributed by atoms with E-state index in [0.29, 0.717) is 12.1 Å². The SMILES string of the molecule is CCOC(=O)C(=O)NC1C(=O)N(Cc2ccccc2)c2ccccc21. The third kappa shape index (κ3) is 3.38. The van der Waals surface area contributed by atoms with Crippen LogP contribution in [0.4, 0.5) is 5.69 Å². The topological polar surface area (TPSA) is 75.7 Å². The zero-order chi connectivity index (χ0) is 17.8. The molecular weight excluding hydrogens is 320 g/mol. The summed E-state index contributed by atoms with van der Waals surface area (Å²) in [5.74, 6) is -2.19. The minimum absolute atomic E-state index is 0.0988. The normalized spacial score (nSPS) is 15.6. The summed E-state index contributed by atoms with van der Waals surface area (Å²) in [6, 6.07) is 15.9. The first-order chi connectivity index (χ1) is 12.1. The van der Waals surface area contributed by atoms with E-state index in [1.807, 2.05) is 42.5 Å². The van der Waals surface area contributed by atoms with Crippen molar-refractivity contribution in [2.45, 2.75) is 19.5 Å². The number of nitrogens with one attached hydrogen (secondary N) is 1. The van der Waals surface area contributed by atoms with Crippen LogP contribution < -0.4 is 10.2 Å². The molecule has 0 aromatic heterocycles. The van der Waals surface area contributed by atoms with Gasteiger partial charge in [-0.15, -0.1) is 0 Å². The number of amides is 2. The number of carbonyl (C=O) groups is 3. The molecule has 25 heavy (non-hydrogen) atoms. The third-order valence-electron chi connectivity index (χ3n) is 3.97. The van der Waals surface area contributed by atoms with Crippen molar-refractivity contribution >= 4 is 23.5 Å². The molecule has 1 unspecified atom stereocenters. The van der Waals surface area contributed by atoms with E-state index in [1.54, 1.807) is 24.0 Å². The van der Waals surface area contributed by atoms with Gasteiger partial charge in [0.05, 0.1) is 13.2 Å². The minimum atomic E-state index is -0.991. The molecule has 2 aromatic carbocycles. The van der Waals surface area contributed by atoms with Gasteiger partial charge in [-0.05, 0) is 18.6 Å². The molecule has 6 nitrogen and oxygen atoms in total. The van der Waals surface area contributed by atoms with Gasteiger partial charge in [0.25, 0.3) is 5.91 Å². The average Bonchev–Trinajstić information content (AvgIpc) is 2.89. The Morgan fingerprint density at radius 3 is 2.48 bits per heavy atom. The first-order valence-electron chi connectivity index (χ1n) is 8.03. The third-order valence-corrected chi connectivity index (χ3v) is 3.97. The van der Waals surface area contributed by atoms with E-state index >= 15 is 0 Å². The molecule has 6 heteroatoms. The fourth-order valence-corrected chi connectivity index (χ4v) is 2.84. The van der Waals surface area contributed by atoms with E-state index < -0.39 is 17.9 Å². The van der Waals surface area contributed by atoms with Crippen LogP contribution in [0.1, 0.15) is 24.1 Å². The summed E-state index contributed by atoms with van der Waals surface area (Å²) in [4.78, 5) is 38.0. The monoisotopic (exact) mass is 338 g/mol. The Bertz CT molecular complexity index is 804. The van der Waals surface area contributed by atoms with Gasteiger partial charge in [-0.2, -0.15) is 0 Å². The fraction of sp³-hybridized carbons (Fsp3) is 0.211. The van der Waals surface area contributed by atoms with Crippen molar-refractivity contribution in [1.29, 1.82) is 0 Å². The second-order valence-electron chi connectivity index (χ2n) is 5.60. The van der Waals surface area contributed by atoms with Crippen molar-refractivity contribution < 1.29 is 19.1 Å². The number of para-hydroxylation sites is 1. The zero-order valence-corrected chi connectivity index (χ0v) is 13.8. The Morgan fingerprint density at radius 2 is 1.76 bits per heavy atom. The molecule has 0 saturated heterocycles. The number of fused-ring (bicyclic) bond motifs is 1. The quantitative estimate of drug-likeness (QED) is 0.683. The minimum Gasteiger partial charge on any atom is -0.459 e. The van der Waals surface area contributed by atoms with E-state index in [0.717, 1.165) is 11.3 Å². The summed E-state index contributed by atoms with van der Waals surface area (Å²) in [6.07, 6.45) is 0. The Morgan fingerprint density at radius 1 is 1.08 bits per heavy atom. The highest BCUT2D eigenvalue weighted by Gasteiger charge is 2.39. The van der Waals surface area contributed by atoms with Gasteiger partial charge in [-0.1, -0.05) is 48.5 Å². The van der Waals surface area contributed by atoms with E-state index in [1.165, 1.54) is 0 Å². The molecule has 128 valence electrons. The molecule has 0 bridgehead atoms. The van der Waals surface area contributed by atoms with Crippen LogP contribution in [-0.2, 0) is 25.7 Å². The van der Waals surface area contributed by atoms with Crippen LogP contribution in [0.5, 0.6) is 0 Å². The molecule has 1 N–H and O–H groups in total. The fourth-order valence-electron chi connectivity index (χ4n) is 2.84. The van der Waals surface area contributed by atoms with Crippen LogP contribution in [-0.4, -0.2) is 24.4 Å². The molecule has 1 aliphatic heterocycles. The highest BCUT2D eigenvalue weighted by molar-refractivity contribution is 6.33. The van der Waals surface area contributed by atoms with Gasteiger partial charge in [-0.25, -0.2) is 4.79 Å². The van der Waals surface area contributed by atoms with E-state index in [-0.39, 0.29) is 12.5 Å². The standard InChI is InChI=1S/C19H18N2O4/c1-2-25-19(24)17(22)20-16-14-10-6-7-11-15(14)21(18(16)23)12-13-8-4-3-5-9-13/h3-11,16H,2,12H2,1H3,(H,20,22). The van der Waals surface area contributed by atoms with Gasteiger partial charge in [0.1, 0.15) is 6.04 Å². The van der Waals surface area contributed by atoms with Gasteiger partial charge in [0, 0.05) is 11.3 Å². The lowest BCUT2D eigenvalue weighted by Crippen LogP contribution is -2.40. The number of anilines is 1. The highest BCUT2D eigenvalue weighted by Crippen LogP contribution is 2.36. The molecule has 1 atom stereocenters. The maximum absolute atomic E-state index is 12.8. The zero-order valence-electron chi connectivity index (χ0n) is 13.8. The molecule has 0 aliphatic carbocycles. The van der Waals surface area contributed by atoms with Crippen molar-refractivity contribution in [3.8, 4) is 0 Å². The van der Waals surface area contributed by atoms with E-state index in [2.05, 4.69) is 10.1 Å². The van der Waals surface area contributed by atoms with Crippen LogP contribution in [0.15, 0.2) is 54.6 Å². The van der Waals surface area contributed by atoms with Crippen molar-refractivity contribution in [2.24, 2.45) is 0 Å². The maximum atomic E-state index is 12.8. The molecule has 0 spiro atoms. The molecule has 1 aliphatic rings. The molecule has 0 saturated carbocycles. The molecule has 0 radical (unpaired) electrons. The van der Waals surface area contributed by atoms with Gasteiger partial charge in [0.2, 0.25) is 0 Å². The number of carbonyl (C=O) groups excluding carboxylic acids is 3. The summed E-state index contributed by atoms with van der Waals surface area (Å²) in [5, 5.41) is 2.48. The Kier molecular flexibility index (Phi) is 4.79. The van der Waals surface area contributed by atoms with E-state index in [9.17, 15) is 14.4 Å². The second kappa shape index (κ2) is 7.17. The lowest BCUT2D eigenvalue weighted by Gasteiger charge is -2.18. The summed E-state index contributed by atoms with van der Waals surface area (Å²) in [6.45, 7) is 2.10. The summed E-state index contributed by atoms with van der Waals surface area (Å²) < 4.78 is 4.68. The first-order valence-corrected chi connectivity index (χ1v) is 8.03. The lowest BCUT2D eigenvalue weighted by molar-refractivity contribution is -0.155. The van der Waals surface area contributed by atoms with Crippen LogP contribution >= 0.6 is 0 Å². The van der Waals surface area contributed by atoms with Crippen LogP contribution in [0.25, 0.3) is 0 Å². The number of benzene rings is 2. The molecular formula is C19H18N2O4. The first kappa shape index (κ1) is 16.7. The predicted octanol–water partition coefficient (Wildman–Crippen LogP) is 1.95. The van der Waals surface area contributed by atoms with Gasteiger partial charge in [0.15, 0.2) is 0 Å². The van der Waals surface area contributed by atoms with Crippen LogP contribution in [0.2, 0.25) is 0 Å². The van der Waals surface area contributed by atoms with Crippen molar-refractivity contribution in [2.75, 3.05) is 11.5 Å². The van der Waals surface area contributed by atoms with Crippen LogP contribution in [0.3, 0.4) is 0 Å². The molecule has 2 aromatic rings. The van der Waals surface area contributed by atoms with Gasteiger partial charge < -0.3 is 15.0 Å². The van der Waals surface area contributed by atoms with Gasteiger partial charge in [-0.3, -0.25) is 9.59 Å². The van der Waals surface area contributed by atoms with E-state index in [4.69, 9.17) is 0 Å². The van der Waals surface area contributed by atoms with Crippen molar-refractivity contribution in [3.63, 3.8) is 0 Å². The Hall–Kier alpha value is -3.15. The Balaban J connectivity index is 1.85. The summed E-state index contributed by atoms with van der Waals surface area (Å²) >= 11 is 0. The lowest BCUT2D eigenvalue weighted by atomic mass is 10.1. The molecule has 3 rings (SSSR count). The second-order valence-corrected chi connectivity index (χ2v) is 5.60. The maximum Gasteiger partial charge on any atom is 0.396 e. The average molecular weight is 338 g/mol. The number of rotatable bonds is 4. The summed E-state index contributed by atoms with van der Waals surface area (Å²) in [7, 11) is 0. The number of esters is 1. The summed E-state index contributed by atoms with van der Waals surface area (Å²) in [5.41, 5.74) is 2.37. The van der Waals surface area contributed by atoms with Crippen LogP contribution in [0, 0.1) is 0 Å². The number of ether oxygens (including phenoxy) is 1.